The quantitative estimate of drug-likeness (QED) is 0.842. The molecule has 1 heterocycles. The molecule has 0 amide bonds. The Kier molecular flexibility index (Phi) is 3.43. The van der Waals surface area contributed by atoms with Gasteiger partial charge in [0.2, 0.25) is 0 Å². The maximum atomic E-state index is 12.2. The van der Waals surface area contributed by atoms with Gasteiger partial charge in [-0.1, -0.05) is 0 Å². The number of nitrogens with zero attached hydrogens (tertiary/aromatic N) is 2. The van der Waals surface area contributed by atoms with Crippen molar-refractivity contribution >= 4 is 10.9 Å². The molecular formula is C14H14N2O3. The topological polar surface area (TPSA) is 64.2 Å². The van der Waals surface area contributed by atoms with Gasteiger partial charge in [0.1, 0.15) is 18.0 Å². The Morgan fingerprint density at radius 3 is 2.47 bits per heavy atom. The van der Waals surface area contributed by atoms with Crippen molar-refractivity contribution in [1.82, 2.24) is 4.57 Å². The second-order valence-electron chi connectivity index (χ2n) is 4.09. The standard InChI is InChI=1S/C14H14N2O3/c1-9-8-10(17)13-11(18-2)4-5-12(19-3)14(13)16(9)7-6-15/h4-5,8H,7H2,1-3H3. The SMILES string of the molecule is COc1ccc(OC)c2c1c(=O)cc(C)n2CC#N. The zero-order chi connectivity index (χ0) is 14.0. The lowest BCUT2D eigenvalue weighted by Gasteiger charge is -2.16. The number of aryl methyl sites for hydroxylation is 1. The molecule has 0 aliphatic heterocycles. The highest BCUT2D eigenvalue weighted by Gasteiger charge is 2.15. The molecule has 0 aliphatic carbocycles. The number of benzene rings is 1. The van der Waals surface area contributed by atoms with E-state index in [0.29, 0.717) is 28.1 Å². The summed E-state index contributed by atoms with van der Waals surface area (Å²) in [5.74, 6) is 1.03. The molecule has 0 radical (unpaired) electrons. The predicted octanol–water partition coefficient (Wildman–Crippen LogP) is 1.85. The Hall–Kier alpha value is -2.48. The number of aromatic nitrogens is 1. The van der Waals surface area contributed by atoms with Crippen molar-refractivity contribution in [2.24, 2.45) is 0 Å². The van der Waals surface area contributed by atoms with Gasteiger partial charge in [0, 0.05) is 11.8 Å². The van der Waals surface area contributed by atoms with E-state index in [9.17, 15) is 4.79 Å². The molecule has 2 aromatic rings. The van der Waals surface area contributed by atoms with Crippen LogP contribution in [-0.2, 0) is 6.54 Å². The summed E-state index contributed by atoms with van der Waals surface area (Å²) in [5, 5.41) is 9.38. The first-order chi connectivity index (χ1) is 9.13. The summed E-state index contributed by atoms with van der Waals surface area (Å²) in [6, 6.07) is 7.01. The number of methoxy groups -OCH3 is 2. The number of fused-ring (bicyclic) bond motifs is 1. The van der Waals surface area contributed by atoms with Crippen LogP contribution in [0.3, 0.4) is 0 Å². The number of ether oxygens (including phenoxy) is 2. The van der Waals surface area contributed by atoms with Gasteiger partial charge >= 0.3 is 0 Å². The lowest BCUT2D eigenvalue weighted by molar-refractivity contribution is 0.408. The van der Waals surface area contributed by atoms with Gasteiger partial charge in [-0.2, -0.15) is 5.26 Å². The molecule has 1 aromatic carbocycles. The fourth-order valence-corrected chi connectivity index (χ4v) is 2.19. The van der Waals surface area contributed by atoms with Gasteiger partial charge < -0.3 is 14.0 Å². The third-order valence-corrected chi connectivity index (χ3v) is 3.05. The normalized spacial score (nSPS) is 10.2. The molecule has 0 saturated heterocycles. The second-order valence-corrected chi connectivity index (χ2v) is 4.09. The van der Waals surface area contributed by atoms with E-state index in [1.807, 2.05) is 0 Å². The van der Waals surface area contributed by atoms with Gasteiger partial charge in [-0.05, 0) is 19.1 Å². The van der Waals surface area contributed by atoms with E-state index in [1.54, 1.807) is 23.6 Å². The summed E-state index contributed by atoms with van der Waals surface area (Å²) in [6.07, 6.45) is 0. The fourth-order valence-electron chi connectivity index (χ4n) is 2.19. The first-order valence-electron chi connectivity index (χ1n) is 5.76. The first kappa shape index (κ1) is 13.0. The van der Waals surface area contributed by atoms with Crippen molar-refractivity contribution in [2.45, 2.75) is 13.5 Å². The van der Waals surface area contributed by atoms with Gasteiger partial charge in [0.15, 0.2) is 5.43 Å². The first-order valence-corrected chi connectivity index (χ1v) is 5.76. The molecule has 0 atom stereocenters. The molecule has 0 fully saturated rings. The van der Waals surface area contributed by atoms with Crippen LogP contribution in [-0.4, -0.2) is 18.8 Å². The van der Waals surface area contributed by atoms with Crippen molar-refractivity contribution in [1.29, 1.82) is 5.26 Å². The lowest BCUT2D eigenvalue weighted by atomic mass is 10.1. The van der Waals surface area contributed by atoms with Gasteiger partial charge in [-0.25, -0.2) is 0 Å². The van der Waals surface area contributed by atoms with E-state index >= 15 is 0 Å². The Morgan fingerprint density at radius 1 is 1.26 bits per heavy atom. The summed E-state index contributed by atoms with van der Waals surface area (Å²) < 4.78 is 12.3. The van der Waals surface area contributed by atoms with Crippen molar-refractivity contribution in [2.75, 3.05) is 14.2 Å². The average molecular weight is 258 g/mol. The maximum absolute atomic E-state index is 12.2. The number of hydrogen-bond donors (Lipinski definition) is 0. The molecule has 2 rings (SSSR count). The smallest absolute Gasteiger partial charge is 0.193 e. The lowest BCUT2D eigenvalue weighted by Crippen LogP contribution is -2.13. The third-order valence-electron chi connectivity index (χ3n) is 3.05. The zero-order valence-electron chi connectivity index (χ0n) is 11.1. The number of nitriles is 1. The van der Waals surface area contributed by atoms with Crippen molar-refractivity contribution < 1.29 is 9.47 Å². The molecule has 0 unspecified atom stereocenters. The monoisotopic (exact) mass is 258 g/mol. The fraction of sp³-hybridized carbons (Fsp3) is 0.286. The van der Waals surface area contributed by atoms with Crippen molar-refractivity contribution in [3.63, 3.8) is 0 Å². The van der Waals surface area contributed by atoms with Crippen molar-refractivity contribution in [3.8, 4) is 17.6 Å². The predicted molar refractivity (Wildman–Crippen MR) is 71.7 cm³/mol. The minimum absolute atomic E-state index is 0.141. The summed E-state index contributed by atoms with van der Waals surface area (Å²) >= 11 is 0. The molecule has 0 N–H and O–H groups in total. The molecule has 5 nitrogen and oxygen atoms in total. The van der Waals surface area contributed by atoms with Gasteiger partial charge in [-0.3, -0.25) is 4.79 Å². The number of pyridine rings is 1. The average Bonchev–Trinajstić information content (AvgIpc) is 2.41. The van der Waals surface area contributed by atoms with Crippen LogP contribution in [0.4, 0.5) is 0 Å². The van der Waals surface area contributed by atoms with Gasteiger partial charge in [0.25, 0.3) is 0 Å². The zero-order valence-corrected chi connectivity index (χ0v) is 11.1. The minimum Gasteiger partial charge on any atom is -0.496 e. The molecule has 19 heavy (non-hydrogen) atoms. The Labute approximate surface area is 110 Å². The summed E-state index contributed by atoms with van der Waals surface area (Å²) in [4.78, 5) is 12.2. The van der Waals surface area contributed by atoms with Crippen LogP contribution >= 0.6 is 0 Å². The van der Waals surface area contributed by atoms with Gasteiger partial charge in [0.05, 0.1) is 31.2 Å². The largest absolute Gasteiger partial charge is 0.496 e. The third kappa shape index (κ3) is 2.02. The molecule has 0 bridgehead atoms. The summed E-state index contributed by atoms with van der Waals surface area (Å²) in [6.45, 7) is 1.93. The summed E-state index contributed by atoms with van der Waals surface area (Å²) in [5.41, 5.74) is 1.16. The minimum atomic E-state index is -0.141. The molecule has 0 saturated carbocycles. The van der Waals surface area contributed by atoms with E-state index in [2.05, 4.69) is 6.07 Å². The van der Waals surface area contributed by atoms with Crippen molar-refractivity contribution in [3.05, 3.63) is 34.1 Å². The second kappa shape index (κ2) is 5.02. The van der Waals surface area contributed by atoms with Crippen LogP contribution in [0.5, 0.6) is 11.5 Å². The number of rotatable bonds is 3. The molecule has 0 aliphatic rings. The van der Waals surface area contributed by atoms with Crippen LogP contribution in [0.1, 0.15) is 5.69 Å². The molecule has 1 aromatic heterocycles. The highest BCUT2D eigenvalue weighted by molar-refractivity contribution is 5.90. The maximum Gasteiger partial charge on any atom is 0.193 e. The van der Waals surface area contributed by atoms with E-state index < -0.39 is 0 Å². The van der Waals surface area contributed by atoms with Crippen LogP contribution in [0.15, 0.2) is 23.0 Å². The summed E-state index contributed by atoms with van der Waals surface area (Å²) in [7, 11) is 3.04. The van der Waals surface area contributed by atoms with E-state index in [4.69, 9.17) is 14.7 Å². The number of hydrogen-bond acceptors (Lipinski definition) is 4. The van der Waals surface area contributed by atoms with Crippen LogP contribution < -0.4 is 14.9 Å². The van der Waals surface area contributed by atoms with E-state index in [-0.39, 0.29) is 12.0 Å². The Bertz CT molecular complexity index is 726. The highest BCUT2D eigenvalue weighted by Crippen LogP contribution is 2.31. The van der Waals surface area contributed by atoms with Crippen LogP contribution in [0, 0.1) is 18.3 Å². The molecule has 98 valence electrons. The highest BCUT2D eigenvalue weighted by atomic mass is 16.5. The molecule has 5 heteroatoms. The van der Waals surface area contributed by atoms with Crippen LogP contribution in [0.2, 0.25) is 0 Å². The van der Waals surface area contributed by atoms with Gasteiger partial charge in [-0.15, -0.1) is 0 Å². The van der Waals surface area contributed by atoms with E-state index in [1.165, 1.54) is 20.3 Å². The Morgan fingerprint density at radius 2 is 1.89 bits per heavy atom. The van der Waals surface area contributed by atoms with Crippen LogP contribution in [0.25, 0.3) is 10.9 Å². The molecular weight excluding hydrogens is 244 g/mol. The molecule has 0 spiro atoms. The Balaban J connectivity index is 3.03. The van der Waals surface area contributed by atoms with E-state index in [0.717, 1.165) is 0 Å².